The molecule has 0 unspecified atom stereocenters. The van der Waals surface area contributed by atoms with Gasteiger partial charge in [-0.2, -0.15) is 0 Å². The van der Waals surface area contributed by atoms with Gasteiger partial charge in [-0.25, -0.2) is 9.97 Å². The highest BCUT2D eigenvalue weighted by Crippen LogP contribution is 2.07. The summed E-state index contributed by atoms with van der Waals surface area (Å²) in [5.74, 6) is 0.490. The Balaban J connectivity index is 1.73. The number of rotatable bonds is 6. The lowest BCUT2D eigenvalue weighted by atomic mass is 10.2. The maximum Gasteiger partial charge on any atom is 0.222 e. The molecule has 6 nitrogen and oxygen atoms in total. The lowest BCUT2D eigenvalue weighted by Crippen LogP contribution is -2.28. The monoisotopic (exact) mass is 271 g/mol. The van der Waals surface area contributed by atoms with E-state index in [1.807, 2.05) is 25.1 Å². The van der Waals surface area contributed by atoms with Gasteiger partial charge in [-0.3, -0.25) is 9.78 Å². The molecule has 104 valence electrons. The highest BCUT2D eigenvalue weighted by Gasteiger charge is 2.09. The molecule has 2 rings (SSSR count). The Labute approximate surface area is 117 Å². The Kier molecular flexibility index (Phi) is 5.00. The molecule has 2 N–H and O–H groups in total. The largest absolute Gasteiger partial charge is 0.354 e. The minimum Gasteiger partial charge on any atom is -0.354 e. The molecule has 6 heteroatoms. The third-order valence-electron chi connectivity index (χ3n) is 2.71. The van der Waals surface area contributed by atoms with Gasteiger partial charge in [0, 0.05) is 31.6 Å². The van der Waals surface area contributed by atoms with Gasteiger partial charge in [0.15, 0.2) is 0 Å². The van der Waals surface area contributed by atoms with Crippen LogP contribution in [0.1, 0.15) is 25.1 Å². The Hall–Kier alpha value is -2.50. The molecule has 2 aromatic rings. The van der Waals surface area contributed by atoms with Crippen LogP contribution in [0.15, 0.2) is 42.9 Å². The van der Waals surface area contributed by atoms with Gasteiger partial charge in [0.2, 0.25) is 11.9 Å². The van der Waals surface area contributed by atoms with Crippen molar-refractivity contribution in [3.8, 4) is 0 Å². The fourth-order valence-corrected chi connectivity index (χ4v) is 1.70. The molecule has 0 aromatic carbocycles. The number of carbonyl (C=O) groups excluding carboxylic acids is 1. The smallest absolute Gasteiger partial charge is 0.222 e. The Morgan fingerprint density at radius 1 is 1.15 bits per heavy atom. The molecule has 2 aromatic heterocycles. The van der Waals surface area contributed by atoms with Crippen molar-refractivity contribution >= 4 is 11.9 Å². The summed E-state index contributed by atoms with van der Waals surface area (Å²) in [6.45, 7) is 2.40. The lowest BCUT2D eigenvalue weighted by Gasteiger charge is -2.13. The third kappa shape index (κ3) is 4.31. The van der Waals surface area contributed by atoms with Gasteiger partial charge < -0.3 is 10.6 Å². The molecule has 0 radical (unpaired) electrons. The van der Waals surface area contributed by atoms with Crippen molar-refractivity contribution in [2.45, 2.75) is 19.4 Å². The molecule has 0 bridgehead atoms. The average Bonchev–Trinajstić information content (AvgIpc) is 2.49. The molecule has 0 aliphatic rings. The first-order chi connectivity index (χ1) is 9.75. The van der Waals surface area contributed by atoms with Crippen molar-refractivity contribution in [1.82, 2.24) is 20.3 Å². The van der Waals surface area contributed by atoms with E-state index in [0.29, 0.717) is 18.9 Å². The molecule has 0 fully saturated rings. The summed E-state index contributed by atoms with van der Waals surface area (Å²) in [5.41, 5.74) is 0.847. The zero-order valence-electron chi connectivity index (χ0n) is 11.3. The van der Waals surface area contributed by atoms with Crippen molar-refractivity contribution in [2.75, 3.05) is 11.9 Å². The van der Waals surface area contributed by atoms with E-state index in [9.17, 15) is 4.79 Å². The second-order valence-electron chi connectivity index (χ2n) is 4.29. The highest BCUT2D eigenvalue weighted by atomic mass is 16.1. The van der Waals surface area contributed by atoms with Gasteiger partial charge in [0.05, 0.1) is 11.7 Å². The van der Waals surface area contributed by atoms with Crippen LogP contribution in [0.5, 0.6) is 0 Å². The minimum absolute atomic E-state index is 0.0356. The van der Waals surface area contributed by atoms with Crippen LogP contribution < -0.4 is 10.6 Å². The number of carbonyl (C=O) groups is 1. The summed E-state index contributed by atoms with van der Waals surface area (Å²) in [6, 6.07) is 7.28. The number of nitrogens with zero attached hydrogens (tertiary/aromatic N) is 3. The number of pyridine rings is 1. The van der Waals surface area contributed by atoms with Crippen LogP contribution in [0.3, 0.4) is 0 Å². The zero-order chi connectivity index (χ0) is 14.2. The molecule has 1 amide bonds. The molecule has 1 atom stereocenters. The normalized spacial score (nSPS) is 11.7. The van der Waals surface area contributed by atoms with E-state index in [4.69, 9.17) is 0 Å². The van der Waals surface area contributed by atoms with Gasteiger partial charge in [0.1, 0.15) is 0 Å². The first kappa shape index (κ1) is 13.9. The predicted molar refractivity (Wildman–Crippen MR) is 75.9 cm³/mol. The van der Waals surface area contributed by atoms with Crippen molar-refractivity contribution < 1.29 is 4.79 Å². The number of aromatic nitrogens is 3. The lowest BCUT2D eigenvalue weighted by molar-refractivity contribution is -0.121. The topological polar surface area (TPSA) is 79.8 Å². The quantitative estimate of drug-likeness (QED) is 0.833. The number of hydrogen-bond donors (Lipinski definition) is 2. The first-order valence-electron chi connectivity index (χ1n) is 6.47. The molecule has 2 heterocycles. The van der Waals surface area contributed by atoms with Gasteiger partial charge in [-0.15, -0.1) is 0 Å². The van der Waals surface area contributed by atoms with Crippen LogP contribution in [0.4, 0.5) is 5.95 Å². The molecule has 0 spiro atoms. The molecule has 0 saturated carbocycles. The maximum absolute atomic E-state index is 11.8. The second kappa shape index (κ2) is 7.18. The summed E-state index contributed by atoms with van der Waals surface area (Å²) in [6.07, 6.45) is 5.37. The van der Waals surface area contributed by atoms with Gasteiger partial charge >= 0.3 is 0 Å². The summed E-state index contributed by atoms with van der Waals surface area (Å²) in [5, 5.41) is 5.89. The number of anilines is 1. The average molecular weight is 271 g/mol. The number of nitrogens with one attached hydrogen (secondary N) is 2. The van der Waals surface area contributed by atoms with E-state index in [1.54, 1.807) is 24.7 Å². The summed E-state index contributed by atoms with van der Waals surface area (Å²) >= 11 is 0. The molecule has 20 heavy (non-hydrogen) atoms. The summed E-state index contributed by atoms with van der Waals surface area (Å²) < 4.78 is 0. The SMILES string of the molecule is C[C@H](NC(=O)CCNc1ncccn1)c1ccccn1. The fourth-order valence-electron chi connectivity index (χ4n) is 1.70. The summed E-state index contributed by atoms with van der Waals surface area (Å²) in [4.78, 5) is 24.0. The highest BCUT2D eigenvalue weighted by molar-refractivity contribution is 5.76. The number of amides is 1. The molecular weight excluding hydrogens is 254 g/mol. The fraction of sp³-hybridized carbons (Fsp3) is 0.286. The van der Waals surface area contributed by atoms with Crippen molar-refractivity contribution in [3.05, 3.63) is 48.5 Å². The van der Waals surface area contributed by atoms with E-state index in [2.05, 4.69) is 25.6 Å². The van der Waals surface area contributed by atoms with Gasteiger partial charge in [-0.1, -0.05) is 6.07 Å². The van der Waals surface area contributed by atoms with Crippen LogP contribution in [-0.4, -0.2) is 27.4 Å². The summed E-state index contributed by atoms with van der Waals surface area (Å²) in [7, 11) is 0. The molecule has 0 saturated heterocycles. The standard InChI is InChI=1S/C14H17N5O/c1-11(12-5-2-3-7-15-12)19-13(20)6-10-18-14-16-8-4-9-17-14/h2-5,7-9,11H,6,10H2,1H3,(H,19,20)(H,16,17,18)/t11-/m0/s1. The van der Waals surface area contributed by atoms with E-state index < -0.39 is 0 Å². The van der Waals surface area contributed by atoms with Crippen molar-refractivity contribution in [3.63, 3.8) is 0 Å². The molecule has 0 aliphatic carbocycles. The van der Waals surface area contributed by atoms with Crippen molar-refractivity contribution in [1.29, 1.82) is 0 Å². The third-order valence-corrected chi connectivity index (χ3v) is 2.71. The Morgan fingerprint density at radius 2 is 1.90 bits per heavy atom. The minimum atomic E-state index is -0.100. The first-order valence-corrected chi connectivity index (χ1v) is 6.47. The van der Waals surface area contributed by atoms with Crippen LogP contribution >= 0.6 is 0 Å². The Bertz CT molecular complexity index is 532. The predicted octanol–water partition coefficient (Wildman–Crippen LogP) is 1.55. The Morgan fingerprint density at radius 3 is 2.60 bits per heavy atom. The van der Waals surface area contributed by atoms with E-state index in [0.717, 1.165) is 5.69 Å². The van der Waals surface area contributed by atoms with Crippen LogP contribution in [0, 0.1) is 0 Å². The van der Waals surface area contributed by atoms with Crippen molar-refractivity contribution in [2.24, 2.45) is 0 Å². The van der Waals surface area contributed by atoms with Crippen LogP contribution in [0.2, 0.25) is 0 Å². The van der Waals surface area contributed by atoms with Crippen LogP contribution in [-0.2, 0) is 4.79 Å². The van der Waals surface area contributed by atoms with Gasteiger partial charge in [-0.05, 0) is 25.1 Å². The van der Waals surface area contributed by atoms with E-state index in [-0.39, 0.29) is 11.9 Å². The zero-order valence-corrected chi connectivity index (χ0v) is 11.3. The second-order valence-corrected chi connectivity index (χ2v) is 4.29. The van der Waals surface area contributed by atoms with Gasteiger partial charge in [0.25, 0.3) is 0 Å². The van der Waals surface area contributed by atoms with E-state index in [1.165, 1.54) is 0 Å². The molecule has 0 aliphatic heterocycles. The van der Waals surface area contributed by atoms with Crippen LogP contribution in [0.25, 0.3) is 0 Å². The number of hydrogen-bond acceptors (Lipinski definition) is 5. The maximum atomic E-state index is 11.8. The molecular formula is C14H17N5O. The van der Waals surface area contributed by atoms with E-state index >= 15 is 0 Å².